The van der Waals surface area contributed by atoms with Crippen molar-refractivity contribution in [3.8, 4) is 0 Å². The minimum atomic E-state index is -0.204. The first-order valence-corrected chi connectivity index (χ1v) is 7.39. The molecule has 1 aromatic carbocycles. The number of benzene rings is 1. The Labute approximate surface area is 130 Å². The third-order valence-electron chi connectivity index (χ3n) is 2.38. The molecule has 0 aliphatic rings. The largest absolute Gasteiger partial charge is 0.398 e. The quantitative estimate of drug-likeness (QED) is 0.510. The number of halogens is 2. The fourth-order valence-corrected chi connectivity index (χ4v) is 2.78. The van der Waals surface area contributed by atoms with Crippen LogP contribution in [0, 0.1) is 0 Å². The van der Waals surface area contributed by atoms with Crippen LogP contribution in [0.3, 0.4) is 0 Å². The summed E-state index contributed by atoms with van der Waals surface area (Å²) >= 11 is 13.2. The molecule has 0 aliphatic carbocycles. The van der Waals surface area contributed by atoms with Gasteiger partial charge in [-0.25, -0.2) is 4.98 Å². The summed E-state index contributed by atoms with van der Waals surface area (Å²) in [4.78, 5) is 16.4. The Morgan fingerprint density at radius 2 is 2.10 bits per heavy atom. The molecule has 0 atom stereocenters. The fraction of sp³-hybridized carbons (Fsp3) is 0.0769. The monoisotopic (exact) mass is 327 g/mol. The molecule has 1 amide bonds. The molecular weight excluding hydrogens is 317 g/mol. The molecule has 1 heterocycles. The van der Waals surface area contributed by atoms with Crippen LogP contribution in [-0.4, -0.2) is 16.6 Å². The molecule has 3 N–H and O–H groups in total. The molecule has 20 heavy (non-hydrogen) atoms. The lowest BCUT2D eigenvalue weighted by molar-refractivity contribution is -0.113. The number of carbonyl (C=O) groups is 1. The first-order valence-electron chi connectivity index (χ1n) is 5.65. The summed E-state index contributed by atoms with van der Waals surface area (Å²) in [5, 5.41) is 3.46. The van der Waals surface area contributed by atoms with Crippen molar-refractivity contribution in [3.63, 3.8) is 0 Å². The van der Waals surface area contributed by atoms with E-state index in [4.69, 9.17) is 28.9 Å². The number of nitrogens with one attached hydrogen (secondary N) is 1. The summed E-state index contributed by atoms with van der Waals surface area (Å²) < 4.78 is 0. The number of amides is 1. The maximum Gasteiger partial charge on any atom is 0.234 e. The van der Waals surface area contributed by atoms with E-state index in [9.17, 15) is 4.79 Å². The number of hydrogen-bond donors (Lipinski definition) is 2. The number of aromatic nitrogens is 1. The number of hydrogen-bond acceptors (Lipinski definition) is 4. The van der Waals surface area contributed by atoms with Crippen molar-refractivity contribution in [1.82, 2.24) is 4.98 Å². The van der Waals surface area contributed by atoms with E-state index < -0.39 is 0 Å². The molecule has 0 aliphatic heterocycles. The third-order valence-corrected chi connectivity index (χ3v) is 4.26. The molecule has 1 aromatic heterocycles. The van der Waals surface area contributed by atoms with Crippen molar-refractivity contribution in [2.45, 2.75) is 4.90 Å². The first kappa shape index (κ1) is 15.0. The Kier molecular flexibility index (Phi) is 5.11. The molecule has 0 fully saturated rings. The van der Waals surface area contributed by atoms with Crippen molar-refractivity contribution in [2.75, 3.05) is 16.8 Å². The number of nitrogens with two attached hydrogens (primary N) is 1. The van der Waals surface area contributed by atoms with Crippen LogP contribution in [-0.2, 0) is 4.79 Å². The highest BCUT2D eigenvalue weighted by Crippen LogP contribution is 2.32. The van der Waals surface area contributed by atoms with Crippen LogP contribution in [0.5, 0.6) is 0 Å². The Morgan fingerprint density at radius 3 is 2.80 bits per heavy atom. The number of pyridine rings is 1. The lowest BCUT2D eigenvalue weighted by Gasteiger charge is -2.08. The minimum Gasteiger partial charge on any atom is -0.398 e. The second-order valence-electron chi connectivity index (χ2n) is 3.84. The number of anilines is 2. The Balaban J connectivity index is 1.98. The molecule has 0 spiro atoms. The van der Waals surface area contributed by atoms with Gasteiger partial charge in [-0.3, -0.25) is 4.79 Å². The van der Waals surface area contributed by atoms with Crippen LogP contribution in [0.15, 0.2) is 41.4 Å². The predicted octanol–water partition coefficient (Wildman–Crippen LogP) is 3.70. The van der Waals surface area contributed by atoms with Gasteiger partial charge >= 0.3 is 0 Å². The second-order valence-corrected chi connectivity index (χ2v) is 5.59. The maximum atomic E-state index is 11.9. The molecule has 0 bridgehead atoms. The van der Waals surface area contributed by atoms with Crippen molar-refractivity contribution in [3.05, 3.63) is 46.7 Å². The number of rotatable bonds is 4. The van der Waals surface area contributed by atoms with Crippen molar-refractivity contribution >= 4 is 52.2 Å². The van der Waals surface area contributed by atoms with Crippen LogP contribution in [0.4, 0.5) is 11.4 Å². The van der Waals surface area contributed by atoms with E-state index in [1.807, 2.05) is 0 Å². The summed E-state index contributed by atoms with van der Waals surface area (Å²) in [6.07, 6.45) is 1.55. The van der Waals surface area contributed by atoms with Gasteiger partial charge < -0.3 is 11.1 Å². The molecule has 2 rings (SSSR count). The van der Waals surface area contributed by atoms with Crippen LogP contribution in [0.1, 0.15) is 0 Å². The van der Waals surface area contributed by atoms with Crippen LogP contribution in [0.25, 0.3) is 0 Å². The van der Waals surface area contributed by atoms with Gasteiger partial charge in [-0.05, 0) is 24.3 Å². The average molecular weight is 328 g/mol. The van der Waals surface area contributed by atoms with Crippen LogP contribution in [0.2, 0.25) is 10.2 Å². The molecule has 7 heteroatoms. The molecule has 0 radical (unpaired) electrons. The highest BCUT2D eigenvalue weighted by atomic mass is 35.5. The molecule has 0 saturated carbocycles. The van der Waals surface area contributed by atoms with Gasteiger partial charge in [0.05, 0.1) is 16.5 Å². The van der Waals surface area contributed by atoms with E-state index in [2.05, 4.69) is 10.3 Å². The van der Waals surface area contributed by atoms with Crippen LogP contribution < -0.4 is 11.1 Å². The van der Waals surface area contributed by atoms with Gasteiger partial charge in [0.1, 0.15) is 0 Å². The lowest BCUT2D eigenvalue weighted by Crippen LogP contribution is -2.14. The number of thioether (sulfide) groups is 1. The van der Waals surface area contributed by atoms with Crippen LogP contribution >= 0.6 is 35.0 Å². The van der Waals surface area contributed by atoms with Gasteiger partial charge in [-0.1, -0.05) is 29.3 Å². The molecule has 4 nitrogen and oxygen atoms in total. The summed E-state index contributed by atoms with van der Waals surface area (Å²) in [6.45, 7) is 0. The molecular formula is C13H11Cl2N3OS. The van der Waals surface area contributed by atoms with Gasteiger partial charge in [0.15, 0.2) is 5.15 Å². The normalized spacial score (nSPS) is 10.3. The zero-order valence-electron chi connectivity index (χ0n) is 10.3. The van der Waals surface area contributed by atoms with Gasteiger partial charge in [0.2, 0.25) is 5.91 Å². The van der Waals surface area contributed by atoms with E-state index >= 15 is 0 Å². The molecule has 104 valence electrons. The summed E-state index contributed by atoms with van der Waals surface area (Å²) in [7, 11) is 0. The van der Waals surface area contributed by atoms with E-state index in [0.29, 0.717) is 21.3 Å². The fourth-order valence-electron chi connectivity index (χ4n) is 1.48. The standard InChI is InChI=1S/C13H11Cl2N3OS/c14-8-3-1-4-9(16)12(8)20-7-11(19)18-10-5-2-6-17-13(10)15/h1-6H,7,16H2,(H,18,19). The lowest BCUT2D eigenvalue weighted by atomic mass is 10.3. The van der Waals surface area contributed by atoms with Gasteiger partial charge in [-0.2, -0.15) is 0 Å². The number of nitrogen functional groups attached to an aromatic ring is 1. The highest BCUT2D eigenvalue weighted by Gasteiger charge is 2.10. The minimum absolute atomic E-state index is 0.180. The van der Waals surface area contributed by atoms with Gasteiger partial charge in [0, 0.05) is 16.8 Å². The summed E-state index contributed by atoms with van der Waals surface area (Å²) in [5.74, 6) is -0.0247. The molecule has 2 aromatic rings. The average Bonchev–Trinajstić information content (AvgIpc) is 2.41. The number of nitrogens with zero attached hydrogens (tertiary/aromatic N) is 1. The number of carbonyl (C=O) groups excluding carboxylic acids is 1. The van der Waals surface area contributed by atoms with Crippen molar-refractivity contribution < 1.29 is 4.79 Å². The van der Waals surface area contributed by atoms with Gasteiger partial charge in [-0.15, -0.1) is 11.8 Å². The molecule has 0 unspecified atom stereocenters. The summed E-state index contributed by atoms with van der Waals surface area (Å²) in [6, 6.07) is 8.61. The van der Waals surface area contributed by atoms with E-state index in [-0.39, 0.29) is 16.8 Å². The predicted molar refractivity (Wildman–Crippen MR) is 84.5 cm³/mol. The van der Waals surface area contributed by atoms with Crippen molar-refractivity contribution in [1.29, 1.82) is 0 Å². The topological polar surface area (TPSA) is 68.0 Å². The smallest absolute Gasteiger partial charge is 0.234 e. The molecule has 0 saturated heterocycles. The SMILES string of the molecule is Nc1cccc(Cl)c1SCC(=O)Nc1cccnc1Cl. The van der Waals surface area contributed by atoms with Gasteiger partial charge in [0.25, 0.3) is 0 Å². The van der Waals surface area contributed by atoms with E-state index in [1.165, 1.54) is 11.8 Å². The zero-order valence-corrected chi connectivity index (χ0v) is 12.6. The highest BCUT2D eigenvalue weighted by molar-refractivity contribution is 8.00. The second kappa shape index (κ2) is 6.83. The summed E-state index contributed by atoms with van der Waals surface area (Å²) in [5.41, 5.74) is 6.85. The van der Waals surface area contributed by atoms with E-state index in [1.54, 1.807) is 36.5 Å². The first-order chi connectivity index (χ1) is 9.58. The Morgan fingerprint density at radius 1 is 1.30 bits per heavy atom. The van der Waals surface area contributed by atoms with E-state index in [0.717, 1.165) is 0 Å². The van der Waals surface area contributed by atoms with Crippen molar-refractivity contribution in [2.24, 2.45) is 0 Å². The third kappa shape index (κ3) is 3.79. The maximum absolute atomic E-state index is 11.9. The Hall–Kier alpha value is -1.43. The zero-order chi connectivity index (χ0) is 14.5. The Bertz CT molecular complexity index is 617.